The normalized spacial score (nSPS) is 10.7. The van der Waals surface area contributed by atoms with Gasteiger partial charge in [0.05, 0.1) is 10.9 Å². The quantitative estimate of drug-likeness (QED) is 0.466. The molecule has 0 saturated carbocycles. The van der Waals surface area contributed by atoms with Gasteiger partial charge in [-0.05, 0) is 35.9 Å². The summed E-state index contributed by atoms with van der Waals surface area (Å²) in [5.41, 5.74) is 8.49. The molecule has 4 rings (SSSR count). The fraction of sp³-hybridized carbons (Fsp3) is 0.0455. The molecular weight excluding hydrogens is 387 g/mol. The van der Waals surface area contributed by atoms with Crippen molar-refractivity contribution in [2.45, 2.75) is 6.54 Å². The number of primary amides is 1. The van der Waals surface area contributed by atoms with E-state index < -0.39 is 17.8 Å². The van der Waals surface area contributed by atoms with Crippen molar-refractivity contribution in [1.82, 2.24) is 10.5 Å². The Bertz CT molecular complexity index is 1250. The number of nitrogens with one attached hydrogen (secondary N) is 2. The molecule has 0 aliphatic heterocycles. The van der Waals surface area contributed by atoms with E-state index in [4.69, 9.17) is 10.3 Å². The van der Waals surface area contributed by atoms with Gasteiger partial charge in [-0.2, -0.15) is 0 Å². The number of hydrogen-bond donors (Lipinski definition) is 3. The van der Waals surface area contributed by atoms with Crippen LogP contribution in [-0.4, -0.2) is 17.1 Å². The van der Waals surface area contributed by atoms with Crippen LogP contribution in [0.25, 0.3) is 22.2 Å². The number of fused-ring (bicyclic) bond motifs is 1. The molecule has 1 heterocycles. The Balaban J connectivity index is 1.60. The third-order valence-electron chi connectivity index (χ3n) is 4.56. The number of carbonyl (C=O) groups excluding carboxylic acids is 2. The molecule has 0 atom stereocenters. The summed E-state index contributed by atoms with van der Waals surface area (Å²) in [4.78, 5) is 24.1. The summed E-state index contributed by atoms with van der Waals surface area (Å²) in [6.07, 6.45) is 0. The zero-order valence-electron chi connectivity index (χ0n) is 15.7. The number of hydrogen-bond acceptors (Lipinski definition) is 4. The van der Waals surface area contributed by atoms with Crippen LogP contribution in [0.5, 0.6) is 0 Å². The van der Waals surface area contributed by atoms with Crippen LogP contribution < -0.4 is 16.4 Å². The van der Waals surface area contributed by atoms with Gasteiger partial charge < -0.3 is 20.9 Å². The summed E-state index contributed by atoms with van der Waals surface area (Å²) in [5.74, 6) is -1.03. The molecule has 0 aliphatic carbocycles. The van der Waals surface area contributed by atoms with E-state index >= 15 is 0 Å². The zero-order valence-corrected chi connectivity index (χ0v) is 15.7. The molecule has 0 unspecified atom stereocenters. The molecule has 4 aromatic rings. The minimum Gasteiger partial charge on any atom is -0.366 e. The third kappa shape index (κ3) is 3.83. The Labute approximate surface area is 170 Å². The minimum atomic E-state index is -0.588. The molecule has 30 heavy (non-hydrogen) atoms. The Morgan fingerprint density at radius 1 is 1.03 bits per heavy atom. The number of urea groups is 1. The molecule has 3 amide bonds. The van der Waals surface area contributed by atoms with Gasteiger partial charge in [-0.15, -0.1) is 0 Å². The summed E-state index contributed by atoms with van der Waals surface area (Å²) >= 11 is 0. The van der Waals surface area contributed by atoms with E-state index in [1.807, 2.05) is 24.3 Å². The van der Waals surface area contributed by atoms with Crippen molar-refractivity contribution in [3.63, 3.8) is 0 Å². The van der Waals surface area contributed by atoms with Gasteiger partial charge in [0.1, 0.15) is 11.5 Å². The van der Waals surface area contributed by atoms with Crippen LogP contribution in [0.2, 0.25) is 0 Å². The molecule has 150 valence electrons. The molecule has 0 aliphatic rings. The van der Waals surface area contributed by atoms with Crippen LogP contribution in [0.15, 0.2) is 71.3 Å². The highest BCUT2D eigenvalue weighted by molar-refractivity contribution is 6.09. The standard InChI is InChI=1S/C22H17FN4O3/c23-14-6-3-7-15(11-14)26-22(29)25-12-13-5-1-2-8-16(13)20-19-17(21(24)28)9-4-10-18(19)30-27-20/h1-11H,12H2,(H2,24,28)(H2,25,26,29). The fourth-order valence-corrected chi connectivity index (χ4v) is 3.20. The Kier molecular flexibility index (Phi) is 5.13. The summed E-state index contributed by atoms with van der Waals surface area (Å²) in [5, 5.41) is 9.94. The summed E-state index contributed by atoms with van der Waals surface area (Å²) in [7, 11) is 0. The van der Waals surface area contributed by atoms with E-state index in [9.17, 15) is 14.0 Å². The first kappa shape index (κ1) is 19.1. The maximum Gasteiger partial charge on any atom is 0.319 e. The summed E-state index contributed by atoms with van der Waals surface area (Å²) in [6.45, 7) is 0.171. The number of carbonyl (C=O) groups is 2. The van der Waals surface area contributed by atoms with Crippen LogP contribution in [0.3, 0.4) is 0 Å². The maximum absolute atomic E-state index is 13.3. The van der Waals surface area contributed by atoms with Gasteiger partial charge in [0.25, 0.3) is 0 Å². The summed E-state index contributed by atoms with van der Waals surface area (Å²) in [6, 6.07) is 17.4. The zero-order chi connectivity index (χ0) is 21.1. The highest BCUT2D eigenvalue weighted by atomic mass is 19.1. The highest BCUT2D eigenvalue weighted by Gasteiger charge is 2.19. The van der Waals surface area contributed by atoms with E-state index in [0.29, 0.717) is 33.5 Å². The molecule has 0 spiro atoms. The lowest BCUT2D eigenvalue weighted by Crippen LogP contribution is -2.28. The van der Waals surface area contributed by atoms with Crippen LogP contribution in [0, 0.1) is 5.82 Å². The number of anilines is 1. The second-order valence-corrected chi connectivity index (χ2v) is 6.55. The van der Waals surface area contributed by atoms with E-state index in [-0.39, 0.29) is 6.54 Å². The smallest absolute Gasteiger partial charge is 0.319 e. The Hall–Kier alpha value is -4.20. The number of nitrogens with zero attached hydrogens (tertiary/aromatic N) is 1. The lowest BCUT2D eigenvalue weighted by molar-refractivity contribution is 0.100. The molecule has 0 bridgehead atoms. The van der Waals surface area contributed by atoms with Crippen molar-refractivity contribution in [3.05, 3.63) is 83.7 Å². The van der Waals surface area contributed by atoms with Gasteiger partial charge in [-0.1, -0.05) is 41.6 Å². The molecule has 4 N–H and O–H groups in total. The summed E-state index contributed by atoms with van der Waals surface area (Å²) < 4.78 is 18.6. The monoisotopic (exact) mass is 404 g/mol. The first-order chi connectivity index (χ1) is 14.5. The van der Waals surface area contributed by atoms with E-state index in [1.165, 1.54) is 18.2 Å². The van der Waals surface area contributed by atoms with Crippen molar-refractivity contribution in [3.8, 4) is 11.3 Å². The molecule has 1 aromatic heterocycles. The lowest BCUT2D eigenvalue weighted by atomic mass is 9.99. The van der Waals surface area contributed by atoms with Gasteiger partial charge in [0.15, 0.2) is 5.58 Å². The topological polar surface area (TPSA) is 110 Å². The Morgan fingerprint density at radius 2 is 1.83 bits per heavy atom. The third-order valence-corrected chi connectivity index (χ3v) is 4.56. The Morgan fingerprint density at radius 3 is 2.63 bits per heavy atom. The first-order valence-electron chi connectivity index (χ1n) is 9.10. The molecule has 3 aromatic carbocycles. The van der Waals surface area contributed by atoms with Gasteiger partial charge in [-0.25, -0.2) is 9.18 Å². The average Bonchev–Trinajstić information content (AvgIpc) is 3.16. The van der Waals surface area contributed by atoms with Gasteiger partial charge in [-0.3, -0.25) is 4.79 Å². The molecule has 7 nitrogen and oxygen atoms in total. The van der Waals surface area contributed by atoms with Crippen LogP contribution in [0.4, 0.5) is 14.9 Å². The van der Waals surface area contributed by atoms with E-state index in [0.717, 1.165) is 5.56 Å². The van der Waals surface area contributed by atoms with Gasteiger partial charge in [0, 0.05) is 17.8 Å². The largest absolute Gasteiger partial charge is 0.366 e. The van der Waals surface area contributed by atoms with Crippen molar-refractivity contribution in [1.29, 1.82) is 0 Å². The number of rotatable bonds is 5. The molecular formula is C22H17FN4O3. The molecule has 0 fully saturated rings. The second kappa shape index (κ2) is 8.04. The number of benzene rings is 3. The SMILES string of the molecule is NC(=O)c1cccc2onc(-c3ccccc3CNC(=O)Nc3cccc(F)c3)c12. The van der Waals surface area contributed by atoms with Gasteiger partial charge in [0.2, 0.25) is 5.91 Å². The van der Waals surface area contributed by atoms with Crippen molar-refractivity contribution in [2.24, 2.45) is 5.73 Å². The van der Waals surface area contributed by atoms with Crippen LogP contribution >= 0.6 is 0 Å². The average molecular weight is 404 g/mol. The molecule has 0 radical (unpaired) electrons. The first-order valence-corrected chi connectivity index (χ1v) is 9.10. The number of halogens is 1. The number of amides is 3. The molecule has 8 heteroatoms. The van der Waals surface area contributed by atoms with Crippen molar-refractivity contribution >= 4 is 28.6 Å². The van der Waals surface area contributed by atoms with Crippen LogP contribution in [0.1, 0.15) is 15.9 Å². The van der Waals surface area contributed by atoms with Crippen LogP contribution in [-0.2, 0) is 6.54 Å². The second-order valence-electron chi connectivity index (χ2n) is 6.55. The minimum absolute atomic E-state index is 0.171. The van der Waals surface area contributed by atoms with E-state index in [2.05, 4.69) is 15.8 Å². The fourth-order valence-electron chi connectivity index (χ4n) is 3.20. The predicted octanol–water partition coefficient (Wildman–Crippen LogP) is 4.05. The van der Waals surface area contributed by atoms with Crippen molar-refractivity contribution in [2.75, 3.05) is 5.32 Å². The number of nitrogens with two attached hydrogens (primary N) is 1. The highest BCUT2D eigenvalue weighted by Crippen LogP contribution is 2.32. The molecule has 0 saturated heterocycles. The maximum atomic E-state index is 13.3. The number of aromatic nitrogens is 1. The predicted molar refractivity (Wildman–Crippen MR) is 110 cm³/mol. The lowest BCUT2D eigenvalue weighted by Gasteiger charge is -2.11. The van der Waals surface area contributed by atoms with E-state index in [1.54, 1.807) is 24.3 Å². The van der Waals surface area contributed by atoms with Gasteiger partial charge >= 0.3 is 6.03 Å². The van der Waals surface area contributed by atoms with Crippen molar-refractivity contribution < 1.29 is 18.5 Å².